The average molecular weight is 358 g/mol. The van der Waals surface area contributed by atoms with Crippen LogP contribution >= 0.6 is 23.2 Å². The van der Waals surface area contributed by atoms with Crippen LogP contribution in [-0.4, -0.2) is 48.0 Å². The second kappa shape index (κ2) is 8.17. The van der Waals surface area contributed by atoms with Crippen molar-refractivity contribution in [3.05, 3.63) is 33.8 Å². The second-order valence-corrected chi connectivity index (χ2v) is 7.46. The Hall–Kier alpha value is -0.320. The Morgan fingerprint density at radius 3 is 2.57 bits per heavy atom. The third-order valence-electron chi connectivity index (χ3n) is 5.08. The lowest BCUT2D eigenvalue weighted by molar-refractivity contribution is -0.0315. The van der Waals surface area contributed by atoms with E-state index in [1.165, 1.54) is 19.3 Å². The predicted octanol–water partition coefficient (Wildman–Crippen LogP) is 3.93. The minimum atomic E-state index is -0.167. The number of benzene rings is 1. The number of likely N-dealkylation sites (tertiary alicyclic amines) is 1. The van der Waals surface area contributed by atoms with Crippen molar-refractivity contribution in [2.75, 3.05) is 19.7 Å². The summed E-state index contributed by atoms with van der Waals surface area (Å²) in [6.45, 7) is 2.42. The van der Waals surface area contributed by atoms with Crippen molar-refractivity contribution in [1.82, 2.24) is 4.90 Å². The van der Waals surface area contributed by atoms with E-state index in [-0.39, 0.29) is 12.2 Å². The minimum Gasteiger partial charge on any atom is -0.392 e. The molecular weight excluding hydrogens is 333 g/mol. The normalized spacial score (nSPS) is 29.1. The highest BCUT2D eigenvalue weighted by molar-refractivity contribution is 6.35. The number of nitrogens with zero attached hydrogens (tertiary/aromatic N) is 1. The molecule has 128 valence electrons. The van der Waals surface area contributed by atoms with Crippen molar-refractivity contribution in [2.24, 2.45) is 0 Å². The molecule has 0 spiro atoms. The van der Waals surface area contributed by atoms with Crippen molar-refractivity contribution in [3.63, 3.8) is 0 Å². The van der Waals surface area contributed by atoms with Gasteiger partial charge in [-0.05, 0) is 43.4 Å². The van der Waals surface area contributed by atoms with E-state index in [0.717, 1.165) is 37.9 Å². The molecule has 1 aromatic carbocycles. The van der Waals surface area contributed by atoms with E-state index in [4.69, 9.17) is 27.9 Å². The summed E-state index contributed by atoms with van der Waals surface area (Å²) < 4.78 is 6.22. The van der Waals surface area contributed by atoms with Crippen LogP contribution in [0.4, 0.5) is 0 Å². The quantitative estimate of drug-likeness (QED) is 0.866. The van der Waals surface area contributed by atoms with Gasteiger partial charge in [0.1, 0.15) is 0 Å². The molecule has 1 heterocycles. The molecule has 1 aliphatic carbocycles. The van der Waals surface area contributed by atoms with Gasteiger partial charge in [0, 0.05) is 29.2 Å². The van der Waals surface area contributed by atoms with Gasteiger partial charge < -0.3 is 9.84 Å². The number of β-amino-alcohol motifs (C(OH)–C–C–N with tert-alkyl or cyclic N) is 1. The largest absolute Gasteiger partial charge is 0.392 e. The third-order valence-corrected chi connectivity index (χ3v) is 5.79. The lowest BCUT2D eigenvalue weighted by atomic mass is 9.91. The number of hydrogen-bond donors (Lipinski definition) is 1. The molecule has 3 nitrogen and oxygen atoms in total. The van der Waals surface area contributed by atoms with E-state index in [1.807, 2.05) is 18.2 Å². The van der Waals surface area contributed by atoms with Crippen LogP contribution in [0.2, 0.25) is 10.0 Å². The third kappa shape index (κ3) is 4.40. The Labute approximate surface area is 148 Å². The lowest BCUT2D eigenvalue weighted by Crippen LogP contribution is -2.46. The summed E-state index contributed by atoms with van der Waals surface area (Å²) >= 11 is 12.4. The maximum atomic E-state index is 9.79. The summed E-state index contributed by atoms with van der Waals surface area (Å²) in [7, 11) is 0. The molecule has 0 amide bonds. The Morgan fingerprint density at radius 1 is 1.13 bits per heavy atom. The summed E-state index contributed by atoms with van der Waals surface area (Å²) in [4.78, 5) is 2.41. The summed E-state index contributed by atoms with van der Waals surface area (Å²) in [6, 6.07) is 6.06. The number of halogens is 2. The van der Waals surface area contributed by atoms with Crippen LogP contribution in [0.15, 0.2) is 18.2 Å². The summed E-state index contributed by atoms with van der Waals surface area (Å²) in [6.07, 6.45) is 6.48. The number of rotatable bonds is 5. The van der Waals surface area contributed by atoms with Gasteiger partial charge in [0.2, 0.25) is 0 Å². The van der Waals surface area contributed by atoms with Gasteiger partial charge >= 0.3 is 0 Å². The van der Waals surface area contributed by atoms with Gasteiger partial charge in [-0.1, -0.05) is 42.1 Å². The molecule has 23 heavy (non-hydrogen) atoms. The zero-order chi connectivity index (χ0) is 16.2. The Morgan fingerprint density at radius 2 is 1.87 bits per heavy atom. The molecule has 3 atom stereocenters. The molecule has 5 heteroatoms. The number of hydrogen-bond acceptors (Lipinski definition) is 3. The molecule has 0 radical (unpaired) electrons. The highest BCUT2D eigenvalue weighted by atomic mass is 35.5. The molecule has 3 rings (SSSR count). The standard InChI is InChI=1S/C18H25Cl2NO2/c19-15-4-3-5-16(20)14(15)9-11-23-18-7-2-1-6-17(18)21-10-8-13(22)12-21/h3-5,13,17-18,22H,1-2,6-12H2/t13?,17-,18?/m1/s1. The summed E-state index contributed by atoms with van der Waals surface area (Å²) in [5, 5.41) is 11.2. The zero-order valence-electron chi connectivity index (χ0n) is 13.4. The SMILES string of the molecule is OC1CCN([C@@H]2CCCCC2OCCc2c(Cl)cccc2Cl)C1. The van der Waals surface area contributed by atoms with E-state index in [1.54, 1.807) is 0 Å². The smallest absolute Gasteiger partial charge is 0.0730 e. The fourth-order valence-corrected chi connectivity index (χ4v) is 4.43. The summed E-state index contributed by atoms with van der Waals surface area (Å²) in [5.74, 6) is 0. The van der Waals surface area contributed by atoms with Crippen LogP contribution in [0.5, 0.6) is 0 Å². The second-order valence-electron chi connectivity index (χ2n) is 6.65. The van der Waals surface area contributed by atoms with Gasteiger partial charge in [-0.15, -0.1) is 0 Å². The van der Waals surface area contributed by atoms with Crippen LogP contribution in [0.3, 0.4) is 0 Å². The Kier molecular flexibility index (Phi) is 6.22. The first-order valence-electron chi connectivity index (χ1n) is 8.62. The van der Waals surface area contributed by atoms with Crippen LogP contribution < -0.4 is 0 Å². The van der Waals surface area contributed by atoms with Crippen LogP contribution in [0.1, 0.15) is 37.7 Å². The first-order chi connectivity index (χ1) is 11.1. The summed E-state index contributed by atoms with van der Waals surface area (Å²) in [5.41, 5.74) is 0.972. The van der Waals surface area contributed by atoms with Crippen molar-refractivity contribution < 1.29 is 9.84 Å². The molecule has 0 bridgehead atoms. The van der Waals surface area contributed by atoms with Crippen molar-refractivity contribution in [1.29, 1.82) is 0 Å². The van der Waals surface area contributed by atoms with E-state index in [2.05, 4.69) is 4.90 Å². The van der Waals surface area contributed by atoms with E-state index in [9.17, 15) is 5.11 Å². The van der Waals surface area contributed by atoms with E-state index < -0.39 is 0 Å². The molecule has 1 aliphatic heterocycles. The number of aliphatic hydroxyl groups excluding tert-OH is 1. The molecule has 1 N–H and O–H groups in total. The number of aliphatic hydroxyl groups is 1. The lowest BCUT2D eigenvalue weighted by Gasteiger charge is -2.37. The van der Waals surface area contributed by atoms with Crippen molar-refractivity contribution >= 4 is 23.2 Å². The fourth-order valence-electron chi connectivity index (χ4n) is 3.84. The maximum absolute atomic E-state index is 9.79. The predicted molar refractivity (Wildman–Crippen MR) is 94.4 cm³/mol. The van der Waals surface area contributed by atoms with E-state index >= 15 is 0 Å². The highest BCUT2D eigenvalue weighted by Crippen LogP contribution is 2.29. The molecule has 1 aromatic rings. The van der Waals surface area contributed by atoms with Crippen LogP contribution in [0, 0.1) is 0 Å². The molecule has 2 fully saturated rings. The molecule has 1 saturated carbocycles. The van der Waals surface area contributed by atoms with Gasteiger partial charge in [-0.25, -0.2) is 0 Å². The topological polar surface area (TPSA) is 32.7 Å². The van der Waals surface area contributed by atoms with Gasteiger partial charge in [-0.2, -0.15) is 0 Å². The average Bonchev–Trinajstić information content (AvgIpc) is 2.97. The zero-order valence-corrected chi connectivity index (χ0v) is 14.9. The van der Waals surface area contributed by atoms with Crippen LogP contribution in [-0.2, 0) is 11.2 Å². The fraction of sp³-hybridized carbons (Fsp3) is 0.667. The van der Waals surface area contributed by atoms with Crippen molar-refractivity contribution in [2.45, 2.75) is 56.8 Å². The first kappa shape index (κ1) is 17.5. The molecular formula is C18H25Cl2NO2. The van der Waals surface area contributed by atoms with Gasteiger partial charge in [-0.3, -0.25) is 4.90 Å². The van der Waals surface area contributed by atoms with E-state index in [0.29, 0.717) is 22.7 Å². The van der Waals surface area contributed by atoms with Gasteiger partial charge in [0.15, 0.2) is 0 Å². The van der Waals surface area contributed by atoms with Crippen molar-refractivity contribution in [3.8, 4) is 0 Å². The molecule has 0 aromatic heterocycles. The molecule has 1 saturated heterocycles. The Bertz CT molecular complexity index is 505. The Balaban J connectivity index is 1.55. The van der Waals surface area contributed by atoms with Gasteiger partial charge in [0.05, 0.1) is 18.8 Å². The highest BCUT2D eigenvalue weighted by Gasteiger charge is 2.34. The first-order valence-corrected chi connectivity index (χ1v) is 9.37. The van der Waals surface area contributed by atoms with Crippen LogP contribution in [0.25, 0.3) is 0 Å². The molecule has 2 aliphatic rings. The maximum Gasteiger partial charge on any atom is 0.0730 e. The van der Waals surface area contributed by atoms with Gasteiger partial charge in [0.25, 0.3) is 0 Å². The number of ether oxygens (including phenoxy) is 1. The minimum absolute atomic E-state index is 0.167. The molecule has 2 unspecified atom stereocenters. The monoisotopic (exact) mass is 357 g/mol.